The Kier molecular flexibility index (Phi) is 4.94. The minimum absolute atomic E-state index is 0.0520. The van der Waals surface area contributed by atoms with Gasteiger partial charge in [0.25, 0.3) is 0 Å². The van der Waals surface area contributed by atoms with Gasteiger partial charge in [-0.3, -0.25) is 10.1 Å². The summed E-state index contributed by atoms with van der Waals surface area (Å²) in [7, 11) is 0. The first-order chi connectivity index (χ1) is 9.58. The smallest absolute Gasteiger partial charge is 0.321 e. The number of thiazole rings is 1. The lowest BCUT2D eigenvalue weighted by Gasteiger charge is -2.26. The molecule has 1 aliphatic carbocycles. The lowest BCUT2D eigenvalue weighted by atomic mass is 9.86. The van der Waals surface area contributed by atoms with Crippen molar-refractivity contribution in [3.8, 4) is 0 Å². The average molecular weight is 297 g/mol. The monoisotopic (exact) mass is 297 g/mol. The number of hydrogen-bond donors (Lipinski definition) is 3. The van der Waals surface area contributed by atoms with Gasteiger partial charge in [-0.15, -0.1) is 11.3 Å². The maximum absolute atomic E-state index is 11.8. The average Bonchev–Trinajstić information content (AvgIpc) is 2.86. The van der Waals surface area contributed by atoms with Crippen molar-refractivity contribution >= 4 is 28.5 Å². The predicted octanol–water partition coefficient (Wildman–Crippen LogP) is 2.47. The van der Waals surface area contributed by atoms with Gasteiger partial charge in [0.15, 0.2) is 5.13 Å². The molecule has 7 heteroatoms. The van der Waals surface area contributed by atoms with Crippen molar-refractivity contribution in [1.29, 1.82) is 0 Å². The Morgan fingerprint density at radius 1 is 1.40 bits per heavy atom. The highest BCUT2D eigenvalue weighted by Crippen LogP contribution is 2.24. The number of rotatable bonds is 4. The molecule has 0 spiro atoms. The zero-order valence-corrected chi connectivity index (χ0v) is 12.2. The van der Waals surface area contributed by atoms with Crippen LogP contribution in [0.4, 0.5) is 9.93 Å². The van der Waals surface area contributed by atoms with E-state index in [-0.39, 0.29) is 18.0 Å². The zero-order chi connectivity index (χ0) is 14.5. The van der Waals surface area contributed by atoms with Crippen LogP contribution >= 0.6 is 11.3 Å². The summed E-state index contributed by atoms with van der Waals surface area (Å²) in [4.78, 5) is 27.9. The van der Waals surface area contributed by atoms with Crippen LogP contribution in [-0.2, 0) is 11.2 Å². The van der Waals surface area contributed by atoms with Crippen molar-refractivity contribution in [2.45, 2.75) is 45.1 Å². The molecule has 0 aromatic carbocycles. The Labute approximate surface area is 121 Å². The third-order valence-corrected chi connectivity index (χ3v) is 4.59. The molecule has 1 fully saturated rings. The number of nitrogens with one attached hydrogen (secondary N) is 2. The van der Waals surface area contributed by atoms with Crippen molar-refractivity contribution < 1.29 is 14.7 Å². The highest BCUT2D eigenvalue weighted by atomic mass is 32.1. The van der Waals surface area contributed by atoms with E-state index in [1.807, 2.05) is 6.92 Å². The van der Waals surface area contributed by atoms with Gasteiger partial charge in [0.2, 0.25) is 0 Å². The first-order valence-corrected chi connectivity index (χ1v) is 7.65. The van der Waals surface area contributed by atoms with E-state index in [0.717, 1.165) is 11.3 Å². The SMILES string of the molecule is CCc1cnc(NC(=O)NC2CCC(C(=O)O)CC2)s1. The van der Waals surface area contributed by atoms with Crippen molar-refractivity contribution in [3.63, 3.8) is 0 Å². The first-order valence-electron chi connectivity index (χ1n) is 6.83. The zero-order valence-electron chi connectivity index (χ0n) is 11.4. The summed E-state index contributed by atoms with van der Waals surface area (Å²) in [6, 6.07) is -0.211. The quantitative estimate of drug-likeness (QED) is 0.796. The molecule has 20 heavy (non-hydrogen) atoms. The molecular formula is C13H19N3O3S. The van der Waals surface area contributed by atoms with Crippen molar-refractivity contribution in [3.05, 3.63) is 11.1 Å². The number of nitrogens with zero attached hydrogens (tertiary/aromatic N) is 1. The van der Waals surface area contributed by atoms with Gasteiger partial charge in [0, 0.05) is 17.1 Å². The van der Waals surface area contributed by atoms with Crippen LogP contribution < -0.4 is 10.6 Å². The lowest BCUT2D eigenvalue weighted by Crippen LogP contribution is -2.40. The number of urea groups is 1. The summed E-state index contributed by atoms with van der Waals surface area (Å²) < 4.78 is 0. The number of carbonyl (C=O) groups is 2. The summed E-state index contributed by atoms with van der Waals surface area (Å²) >= 11 is 1.47. The third kappa shape index (κ3) is 3.93. The van der Waals surface area contributed by atoms with Crippen LogP contribution in [0.3, 0.4) is 0 Å². The molecule has 2 amide bonds. The highest BCUT2D eigenvalue weighted by Gasteiger charge is 2.26. The molecule has 0 unspecified atom stereocenters. The van der Waals surface area contributed by atoms with Crippen LogP contribution in [0.1, 0.15) is 37.5 Å². The normalized spacial score (nSPS) is 22.2. The fourth-order valence-corrected chi connectivity index (χ4v) is 3.08. The third-order valence-electron chi connectivity index (χ3n) is 3.53. The predicted molar refractivity (Wildman–Crippen MR) is 77.0 cm³/mol. The van der Waals surface area contributed by atoms with E-state index in [1.54, 1.807) is 6.20 Å². The minimum atomic E-state index is -0.734. The summed E-state index contributed by atoms with van der Waals surface area (Å²) in [5.41, 5.74) is 0. The summed E-state index contributed by atoms with van der Waals surface area (Å²) in [5.74, 6) is -0.995. The molecule has 0 aliphatic heterocycles. The Hall–Kier alpha value is -1.63. The van der Waals surface area contributed by atoms with Crippen LogP contribution in [0.5, 0.6) is 0 Å². The lowest BCUT2D eigenvalue weighted by molar-refractivity contribution is -0.142. The van der Waals surface area contributed by atoms with Crippen LogP contribution in [0, 0.1) is 5.92 Å². The number of anilines is 1. The van der Waals surface area contributed by atoms with Crippen molar-refractivity contribution in [2.75, 3.05) is 5.32 Å². The van der Waals surface area contributed by atoms with E-state index in [4.69, 9.17) is 5.11 Å². The maximum Gasteiger partial charge on any atom is 0.321 e. The molecule has 110 valence electrons. The molecule has 0 saturated heterocycles. The number of carbonyl (C=O) groups excluding carboxylic acids is 1. The molecule has 1 aromatic rings. The second-order valence-electron chi connectivity index (χ2n) is 4.97. The molecule has 0 bridgehead atoms. The number of amides is 2. The van der Waals surface area contributed by atoms with Crippen molar-refractivity contribution in [1.82, 2.24) is 10.3 Å². The van der Waals surface area contributed by atoms with Gasteiger partial charge in [-0.2, -0.15) is 0 Å². The molecule has 2 rings (SSSR count). The van der Waals surface area contributed by atoms with Gasteiger partial charge in [-0.25, -0.2) is 9.78 Å². The molecule has 0 atom stereocenters. The van der Waals surface area contributed by atoms with Crippen LogP contribution in [0.15, 0.2) is 6.20 Å². The van der Waals surface area contributed by atoms with Gasteiger partial charge in [0.1, 0.15) is 0 Å². The first kappa shape index (κ1) is 14.8. The van der Waals surface area contributed by atoms with E-state index in [1.165, 1.54) is 11.3 Å². The Balaban J connectivity index is 1.76. The Bertz CT molecular complexity index is 481. The summed E-state index contributed by atoms with van der Waals surface area (Å²) in [6.07, 6.45) is 5.33. The molecule has 1 saturated carbocycles. The topological polar surface area (TPSA) is 91.3 Å². The summed E-state index contributed by atoms with van der Waals surface area (Å²) in [6.45, 7) is 2.04. The molecule has 1 aromatic heterocycles. The molecule has 6 nitrogen and oxygen atoms in total. The van der Waals surface area contributed by atoms with Crippen LogP contribution in [0.2, 0.25) is 0 Å². The van der Waals surface area contributed by atoms with Gasteiger partial charge < -0.3 is 10.4 Å². The largest absolute Gasteiger partial charge is 0.481 e. The highest BCUT2D eigenvalue weighted by molar-refractivity contribution is 7.15. The molecular weight excluding hydrogens is 278 g/mol. The second-order valence-corrected chi connectivity index (χ2v) is 6.09. The number of hydrogen-bond acceptors (Lipinski definition) is 4. The fraction of sp³-hybridized carbons (Fsp3) is 0.615. The number of aromatic nitrogens is 1. The van der Waals surface area contributed by atoms with E-state index < -0.39 is 5.97 Å². The minimum Gasteiger partial charge on any atom is -0.481 e. The van der Waals surface area contributed by atoms with E-state index >= 15 is 0 Å². The van der Waals surface area contributed by atoms with E-state index in [0.29, 0.717) is 30.8 Å². The van der Waals surface area contributed by atoms with Crippen LogP contribution in [0.25, 0.3) is 0 Å². The Morgan fingerprint density at radius 2 is 2.10 bits per heavy atom. The van der Waals surface area contributed by atoms with E-state index in [9.17, 15) is 9.59 Å². The Morgan fingerprint density at radius 3 is 2.65 bits per heavy atom. The molecule has 1 heterocycles. The number of aliphatic carboxylic acids is 1. The maximum atomic E-state index is 11.8. The number of carboxylic acids is 1. The fourth-order valence-electron chi connectivity index (χ4n) is 2.33. The second kappa shape index (κ2) is 6.69. The van der Waals surface area contributed by atoms with Gasteiger partial charge in [0.05, 0.1) is 5.92 Å². The molecule has 0 radical (unpaired) electrons. The van der Waals surface area contributed by atoms with Gasteiger partial charge in [-0.1, -0.05) is 6.92 Å². The van der Waals surface area contributed by atoms with Crippen LogP contribution in [-0.4, -0.2) is 28.1 Å². The van der Waals surface area contributed by atoms with Crippen molar-refractivity contribution in [2.24, 2.45) is 5.92 Å². The molecule has 3 N–H and O–H groups in total. The molecule has 1 aliphatic rings. The summed E-state index contributed by atoms with van der Waals surface area (Å²) in [5, 5.41) is 15.1. The number of aryl methyl sites for hydroxylation is 1. The van der Waals surface area contributed by atoms with E-state index in [2.05, 4.69) is 15.6 Å². The van der Waals surface area contributed by atoms with Gasteiger partial charge in [-0.05, 0) is 32.1 Å². The number of carboxylic acid groups (broad SMARTS) is 1. The van der Waals surface area contributed by atoms with Gasteiger partial charge >= 0.3 is 12.0 Å². The standard InChI is InChI=1S/C13H19N3O3S/c1-2-10-7-14-13(20-10)16-12(19)15-9-5-3-8(4-6-9)11(17)18/h7-9H,2-6H2,1H3,(H,17,18)(H2,14,15,16,19).